The molecule has 0 radical (unpaired) electrons. The average Bonchev–Trinajstić information content (AvgIpc) is 2.50. The van der Waals surface area contributed by atoms with Gasteiger partial charge in [-0.2, -0.15) is 0 Å². The Morgan fingerprint density at radius 2 is 1.83 bits per heavy atom. The molecule has 0 aromatic carbocycles. The maximum absolute atomic E-state index is 13.1. The summed E-state index contributed by atoms with van der Waals surface area (Å²) in [5.41, 5.74) is 4.77. The normalized spacial score (nSPS) is 12.7. The van der Waals surface area contributed by atoms with E-state index in [1.165, 1.54) is 19.3 Å². The zero-order valence-corrected chi connectivity index (χ0v) is 11.4. The van der Waals surface area contributed by atoms with Crippen LogP contribution in [0.1, 0.15) is 26.5 Å². The van der Waals surface area contributed by atoms with Gasteiger partial charge in [-0.25, -0.2) is 9.37 Å². The van der Waals surface area contributed by atoms with Crippen molar-refractivity contribution < 1.29 is 13.9 Å². The van der Waals surface area contributed by atoms with E-state index in [0.717, 1.165) is 0 Å². The fourth-order valence-corrected chi connectivity index (χ4v) is 1.23. The van der Waals surface area contributed by atoms with Crippen molar-refractivity contribution in [2.24, 2.45) is 5.73 Å². The van der Waals surface area contributed by atoms with Gasteiger partial charge in [0.25, 0.3) is 0 Å². The maximum atomic E-state index is 13.1. The molecule has 1 aliphatic heterocycles. The molecule has 0 aliphatic carbocycles. The molecular formula is C13H21FN2O2. The quantitative estimate of drug-likeness (QED) is 0.839. The summed E-state index contributed by atoms with van der Waals surface area (Å²) in [4.78, 5) is 3.91. The average molecular weight is 256 g/mol. The van der Waals surface area contributed by atoms with Crippen molar-refractivity contribution in [2.75, 3.05) is 20.3 Å². The zero-order chi connectivity index (χ0) is 14.0. The summed E-state index contributed by atoms with van der Waals surface area (Å²) in [6.45, 7) is 6.63. The van der Waals surface area contributed by atoms with Gasteiger partial charge in [-0.3, -0.25) is 0 Å². The second kappa shape index (κ2) is 9.41. The summed E-state index contributed by atoms with van der Waals surface area (Å²) < 4.78 is 23.7. The molecule has 0 fully saturated rings. The topological polar surface area (TPSA) is 57.4 Å². The van der Waals surface area contributed by atoms with Gasteiger partial charge in [0, 0.05) is 6.07 Å². The molecule has 0 saturated heterocycles. The Kier molecular flexibility index (Phi) is 8.57. The summed E-state index contributed by atoms with van der Waals surface area (Å²) in [6, 6.07) is 1.55. The van der Waals surface area contributed by atoms with Gasteiger partial charge in [-0.15, -0.1) is 0 Å². The fourth-order valence-electron chi connectivity index (χ4n) is 1.23. The molecule has 2 rings (SSSR count). The summed E-state index contributed by atoms with van der Waals surface area (Å²) >= 11 is 0. The largest absolute Gasteiger partial charge is 0.486 e. The van der Waals surface area contributed by atoms with Crippen LogP contribution >= 0.6 is 0 Å². The molecule has 0 saturated carbocycles. The third kappa shape index (κ3) is 4.33. The lowest BCUT2D eigenvalue weighted by Gasteiger charge is -2.17. The van der Waals surface area contributed by atoms with Crippen molar-refractivity contribution in [2.45, 2.75) is 20.8 Å². The molecule has 0 unspecified atom stereocenters. The first kappa shape index (κ1) is 16.4. The highest BCUT2D eigenvalue weighted by molar-refractivity contribution is 5.58. The summed E-state index contributed by atoms with van der Waals surface area (Å²) in [6.07, 6.45) is 2.84. The van der Waals surface area contributed by atoms with Gasteiger partial charge in [0.15, 0.2) is 11.5 Å². The molecule has 1 aromatic heterocycles. The van der Waals surface area contributed by atoms with Crippen LogP contribution in [0.3, 0.4) is 0 Å². The number of nitrogens with zero attached hydrogens (tertiary/aromatic N) is 1. The van der Waals surface area contributed by atoms with E-state index in [4.69, 9.17) is 9.47 Å². The molecule has 2 N–H and O–H groups in total. The minimum atomic E-state index is -0.359. The summed E-state index contributed by atoms with van der Waals surface area (Å²) in [5.74, 6) is 0.768. The number of halogens is 1. The maximum Gasteiger partial charge on any atom is 0.179 e. The molecule has 1 aliphatic rings. The fraction of sp³-hybridized carbons (Fsp3) is 0.462. The van der Waals surface area contributed by atoms with E-state index in [9.17, 15) is 4.39 Å². The minimum absolute atomic E-state index is 0.275. The number of nitrogens with two attached hydrogens (primary N) is 1. The van der Waals surface area contributed by atoms with Crippen LogP contribution in [0.4, 0.5) is 4.39 Å². The monoisotopic (exact) mass is 256 g/mol. The second-order valence-electron chi connectivity index (χ2n) is 2.85. The van der Waals surface area contributed by atoms with Crippen molar-refractivity contribution in [1.82, 2.24) is 4.98 Å². The van der Waals surface area contributed by atoms with Gasteiger partial charge in [0.1, 0.15) is 24.7 Å². The van der Waals surface area contributed by atoms with Crippen molar-refractivity contribution >= 4 is 5.83 Å². The lowest BCUT2D eigenvalue weighted by Crippen LogP contribution is -2.15. The standard InChI is InChI=1S/C10H10FNO2.C2H6.CH5N/c1-2-7(11)8-5-9-10(6-12-8)14-4-3-13-9;2*1-2/h2,5-6H,3-4H2,1H3;1-2H3;2H2,1H3/b7-2-;;. The molecule has 0 atom stereocenters. The van der Waals surface area contributed by atoms with Gasteiger partial charge in [0.2, 0.25) is 0 Å². The van der Waals surface area contributed by atoms with Crippen LogP contribution in [0.15, 0.2) is 18.3 Å². The van der Waals surface area contributed by atoms with Crippen LogP contribution in [0.5, 0.6) is 11.5 Å². The molecule has 0 bridgehead atoms. The molecule has 2 heterocycles. The molecule has 1 aromatic rings. The smallest absolute Gasteiger partial charge is 0.179 e. The Morgan fingerprint density at radius 3 is 2.39 bits per heavy atom. The molecule has 0 amide bonds. The number of ether oxygens (including phenoxy) is 2. The first-order valence-electron chi connectivity index (χ1n) is 5.97. The van der Waals surface area contributed by atoms with Crippen molar-refractivity contribution in [3.05, 3.63) is 24.0 Å². The molecule has 5 heteroatoms. The third-order valence-electron chi connectivity index (χ3n) is 1.93. The van der Waals surface area contributed by atoms with E-state index < -0.39 is 0 Å². The zero-order valence-electron chi connectivity index (χ0n) is 11.4. The van der Waals surface area contributed by atoms with Crippen molar-refractivity contribution in [1.29, 1.82) is 0 Å². The Labute approximate surface area is 108 Å². The molecule has 102 valence electrons. The van der Waals surface area contributed by atoms with Gasteiger partial charge in [-0.1, -0.05) is 13.8 Å². The number of hydrogen-bond acceptors (Lipinski definition) is 4. The Balaban J connectivity index is 0.000000659. The SMILES string of the molecule is C/C=C(\F)c1cc2c(cn1)OCCO2.CC.CN. The number of pyridine rings is 1. The van der Waals surface area contributed by atoms with Gasteiger partial charge < -0.3 is 15.2 Å². The Hall–Kier alpha value is -1.62. The predicted octanol–water partition coefficient (Wildman–Crippen LogP) is 2.78. The molecular weight excluding hydrogens is 235 g/mol. The van der Waals surface area contributed by atoms with E-state index in [-0.39, 0.29) is 11.5 Å². The Bertz CT molecular complexity index is 381. The number of allylic oxidation sites excluding steroid dienone is 1. The van der Waals surface area contributed by atoms with E-state index >= 15 is 0 Å². The third-order valence-corrected chi connectivity index (χ3v) is 1.93. The van der Waals surface area contributed by atoms with Crippen LogP contribution in [-0.4, -0.2) is 25.2 Å². The number of aromatic nitrogens is 1. The second-order valence-corrected chi connectivity index (χ2v) is 2.85. The highest BCUT2D eigenvalue weighted by atomic mass is 19.1. The van der Waals surface area contributed by atoms with Crippen LogP contribution in [-0.2, 0) is 0 Å². The van der Waals surface area contributed by atoms with Gasteiger partial charge in [-0.05, 0) is 20.0 Å². The van der Waals surface area contributed by atoms with Gasteiger partial charge >= 0.3 is 0 Å². The highest BCUT2D eigenvalue weighted by Crippen LogP contribution is 2.31. The lowest BCUT2D eigenvalue weighted by molar-refractivity contribution is 0.170. The predicted molar refractivity (Wildman–Crippen MR) is 71.4 cm³/mol. The number of fused-ring (bicyclic) bond motifs is 1. The van der Waals surface area contributed by atoms with Crippen LogP contribution in [0, 0.1) is 0 Å². The van der Waals surface area contributed by atoms with E-state index in [2.05, 4.69) is 10.7 Å². The van der Waals surface area contributed by atoms with Crippen LogP contribution in [0.2, 0.25) is 0 Å². The van der Waals surface area contributed by atoms with Crippen LogP contribution in [0.25, 0.3) is 5.83 Å². The molecule has 4 nitrogen and oxygen atoms in total. The Morgan fingerprint density at radius 1 is 1.28 bits per heavy atom. The van der Waals surface area contributed by atoms with E-state index in [1.807, 2.05) is 13.8 Å². The first-order valence-corrected chi connectivity index (χ1v) is 5.97. The molecule has 18 heavy (non-hydrogen) atoms. The van der Waals surface area contributed by atoms with Crippen molar-refractivity contribution in [3.8, 4) is 11.5 Å². The van der Waals surface area contributed by atoms with E-state index in [0.29, 0.717) is 24.7 Å². The first-order chi connectivity index (χ1) is 8.81. The van der Waals surface area contributed by atoms with E-state index in [1.54, 1.807) is 13.0 Å². The summed E-state index contributed by atoms with van der Waals surface area (Å²) in [7, 11) is 1.50. The number of hydrogen-bond donors (Lipinski definition) is 1. The molecule has 0 spiro atoms. The summed E-state index contributed by atoms with van der Waals surface area (Å²) in [5, 5.41) is 0. The lowest BCUT2D eigenvalue weighted by atomic mass is 10.3. The minimum Gasteiger partial charge on any atom is -0.486 e. The van der Waals surface area contributed by atoms with Crippen LogP contribution < -0.4 is 15.2 Å². The highest BCUT2D eigenvalue weighted by Gasteiger charge is 2.13. The van der Waals surface area contributed by atoms with Crippen molar-refractivity contribution in [3.63, 3.8) is 0 Å². The number of rotatable bonds is 1. The van der Waals surface area contributed by atoms with Gasteiger partial charge in [0.05, 0.1) is 6.20 Å².